The van der Waals surface area contributed by atoms with Gasteiger partial charge in [0.15, 0.2) is 5.79 Å². The molecule has 0 aromatic rings. The van der Waals surface area contributed by atoms with Gasteiger partial charge in [-0.2, -0.15) is 0 Å². The van der Waals surface area contributed by atoms with Gasteiger partial charge in [0.1, 0.15) is 0 Å². The van der Waals surface area contributed by atoms with Crippen LogP contribution in [-0.4, -0.2) is 31.9 Å². The second-order valence-corrected chi connectivity index (χ2v) is 4.79. The van der Waals surface area contributed by atoms with Crippen LogP contribution in [0.25, 0.3) is 0 Å². The van der Waals surface area contributed by atoms with Crippen molar-refractivity contribution in [2.24, 2.45) is 5.41 Å². The summed E-state index contributed by atoms with van der Waals surface area (Å²) >= 11 is 1.38. The third-order valence-corrected chi connectivity index (χ3v) is 2.42. The van der Waals surface area contributed by atoms with Gasteiger partial charge in [-0.1, -0.05) is 6.92 Å². The van der Waals surface area contributed by atoms with Crippen molar-refractivity contribution >= 4 is 12.0 Å². The Morgan fingerprint density at radius 3 is 2.23 bits per heavy atom. The van der Waals surface area contributed by atoms with Gasteiger partial charge >= 0.3 is 0 Å². The summed E-state index contributed by atoms with van der Waals surface area (Å²) in [4.78, 5) is 0. The van der Waals surface area contributed by atoms with Crippen molar-refractivity contribution in [1.82, 2.24) is 0 Å². The Labute approximate surface area is 84.3 Å². The van der Waals surface area contributed by atoms with Crippen LogP contribution in [0.2, 0.25) is 0 Å². The van der Waals surface area contributed by atoms with Gasteiger partial charge in [0.05, 0.1) is 19.8 Å². The molecule has 13 heavy (non-hydrogen) atoms. The summed E-state index contributed by atoms with van der Waals surface area (Å²) in [7, 11) is 0. The summed E-state index contributed by atoms with van der Waals surface area (Å²) in [5.41, 5.74) is -0.00146. The molecule has 0 aromatic carbocycles. The fourth-order valence-corrected chi connectivity index (χ4v) is 1.47. The molecule has 0 aromatic heterocycles. The van der Waals surface area contributed by atoms with Crippen LogP contribution in [0.5, 0.6) is 0 Å². The summed E-state index contributed by atoms with van der Waals surface area (Å²) in [6.07, 6.45) is 1.91. The Morgan fingerprint density at radius 2 is 1.77 bits per heavy atom. The minimum Gasteiger partial charge on any atom is -0.350 e. The molecule has 1 aliphatic heterocycles. The van der Waals surface area contributed by atoms with Gasteiger partial charge in [0.2, 0.25) is 0 Å². The number of ether oxygens (including phenoxy) is 2. The molecule has 78 valence electrons. The molecule has 1 heterocycles. The van der Waals surface area contributed by atoms with Gasteiger partial charge in [-0.25, -0.2) is 0 Å². The molecule has 1 fully saturated rings. The molecule has 1 aliphatic rings. The fourth-order valence-electron chi connectivity index (χ4n) is 1.06. The summed E-state index contributed by atoms with van der Waals surface area (Å²) in [5, 5.41) is 0. The first-order chi connectivity index (χ1) is 5.97. The molecule has 0 radical (unpaired) electrons. The van der Waals surface area contributed by atoms with E-state index in [-0.39, 0.29) is 5.41 Å². The third kappa shape index (κ3) is 3.46. The van der Waals surface area contributed by atoms with Gasteiger partial charge in [-0.15, -0.1) is 0 Å². The molecule has 0 aliphatic carbocycles. The van der Waals surface area contributed by atoms with E-state index in [0.29, 0.717) is 19.8 Å². The monoisotopic (exact) mass is 206 g/mol. The van der Waals surface area contributed by atoms with E-state index < -0.39 is 5.79 Å². The summed E-state index contributed by atoms with van der Waals surface area (Å²) in [5.74, 6) is -0.432. The van der Waals surface area contributed by atoms with Crippen LogP contribution in [0.3, 0.4) is 0 Å². The lowest BCUT2D eigenvalue weighted by Gasteiger charge is -2.40. The number of hydrogen-bond donors (Lipinski definition) is 0. The topological polar surface area (TPSA) is 27.7 Å². The molecule has 3 nitrogen and oxygen atoms in total. The van der Waals surface area contributed by atoms with E-state index in [2.05, 4.69) is 6.92 Å². The second kappa shape index (κ2) is 4.17. The maximum absolute atomic E-state index is 5.57. The molecule has 0 N–H and O–H groups in total. The minimum atomic E-state index is -0.432. The van der Waals surface area contributed by atoms with Gasteiger partial charge in [0.25, 0.3) is 0 Å². The predicted molar refractivity (Wildman–Crippen MR) is 53.6 cm³/mol. The molecule has 4 heteroatoms. The highest BCUT2D eigenvalue weighted by molar-refractivity contribution is 7.93. The van der Waals surface area contributed by atoms with Crippen molar-refractivity contribution in [3.63, 3.8) is 0 Å². The predicted octanol–water partition coefficient (Wildman–Crippen LogP) is 2.07. The van der Waals surface area contributed by atoms with Crippen LogP contribution in [0.1, 0.15) is 20.8 Å². The molecule has 1 saturated heterocycles. The van der Waals surface area contributed by atoms with E-state index in [1.807, 2.05) is 20.1 Å². The van der Waals surface area contributed by atoms with Crippen molar-refractivity contribution in [1.29, 1.82) is 0 Å². The molecular formula is C9H18O3S. The maximum atomic E-state index is 5.57. The Kier molecular flexibility index (Phi) is 3.63. The first kappa shape index (κ1) is 11.3. The average molecular weight is 206 g/mol. The zero-order chi connectivity index (χ0) is 9.95. The lowest BCUT2D eigenvalue weighted by atomic mass is 9.93. The first-order valence-electron chi connectivity index (χ1n) is 4.41. The van der Waals surface area contributed by atoms with Crippen LogP contribution in [0.4, 0.5) is 0 Å². The fraction of sp³-hybridized carbons (Fsp3) is 1.00. The molecular weight excluding hydrogens is 188 g/mol. The van der Waals surface area contributed by atoms with E-state index in [4.69, 9.17) is 13.7 Å². The van der Waals surface area contributed by atoms with E-state index in [9.17, 15) is 0 Å². The van der Waals surface area contributed by atoms with E-state index >= 15 is 0 Å². The summed E-state index contributed by atoms with van der Waals surface area (Å²) < 4.78 is 16.4. The smallest absolute Gasteiger partial charge is 0.162 e. The van der Waals surface area contributed by atoms with Crippen LogP contribution < -0.4 is 0 Å². The van der Waals surface area contributed by atoms with Crippen molar-refractivity contribution in [2.45, 2.75) is 26.6 Å². The molecule has 0 bridgehead atoms. The van der Waals surface area contributed by atoms with Gasteiger partial charge in [-0.05, 0) is 25.9 Å². The number of rotatable bonds is 3. The van der Waals surface area contributed by atoms with E-state index in [1.54, 1.807) is 0 Å². The van der Waals surface area contributed by atoms with E-state index in [1.165, 1.54) is 12.0 Å². The summed E-state index contributed by atoms with van der Waals surface area (Å²) in [6.45, 7) is 8.04. The highest BCUT2D eigenvalue weighted by atomic mass is 32.2. The Bertz CT molecular complexity index is 160. The third-order valence-electron chi connectivity index (χ3n) is 2.06. The molecule has 0 saturated carbocycles. The molecule has 0 atom stereocenters. The minimum absolute atomic E-state index is 0.00146. The highest BCUT2D eigenvalue weighted by Gasteiger charge is 2.36. The Hall–Kier alpha value is 0.230. The Morgan fingerprint density at radius 1 is 1.23 bits per heavy atom. The van der Waals surface area contributed by atoms with Crippen LogP contribution >= 0.6 is 12.0 Å². The molecule has 0 unspecified atom stereocenters. The average Bonchev–Trinajstić information content (AvgIpc) is 2.08. The molecule has 0 spiro atoms. The SMILES string of the molecule is CSOCC1(C)COC(C)(C)OC1. The van der Waals surface area contributed by atoms with Gasteiger partial charge < -0.3 is 13.7 Å². The molecule has 1 rings (SSSR count). The van der Waals surface area contributed by atoms with Crippen molar-refractivity contribution in [2.75, 3.05) is 26.1 Å². The van der Waals surface area contributed by atoms with Crippen LogP contribution in [0, 0.1) is 5.41 Å². The largest absolute Gasteiger partial charge is 0.350 e. The van der Waals surface area contributed by atoms with E-state index in [0.717, 1.165) is 0 Å². The Balaban J connectivity index is 2.37. The van der Waals surface area contributed by atoms with Gasteiger partial charge in [-0.3, -0.25) is 0 Å². The zero-order valence-corrected chi connectivity index (χ0v) is 9.57. The quantitative estimate of drug-likeness (QED) is 0.661. The lowest BCUT2D eigenvalue weighted by molar-refractivity contribution is -0.285. The number of hydrogen-bond acceptors (Lipinski definition) is 4. The lowest BCUT2D eigenvalue weighted by Crippen LogP contribution is -2.46. The van der Waals surface area contributed by atoms with Crippen molar-refractivity contribution < 1.29 is 13.7 Å². The standard InChI is InChI=1S/C9H18O3S/c1-8(2)10-5-9(3,6-11-8)7-12-13-4/h5-7H2,1-4H3. The first-order valence-corrected chi connectivity index (χ1v) is 5.56. The second-order valence-electron chi connectivity index (χ2n) is 4.22. The highest BCUT2D eigenvalue weighted by Crippen LogP contribution is 2.30. The molecule has 0 amide bonds. The zero-order valence-electron chi connectivity index (χ0n) is 8.75. The normalized spacial score (nSPS) is 25.8. The maximum Gasteiger partial charge on any atom is 0.162 e. The van der Waals surface area contributed by atoms with Crippen LogP contribution in [0.15, 0.2) is 0 Å². The van der Waals surface area contributed by atoms with Crippen LogP contribution in [-0.2, 0) is 13.7 Å². The summed E-state index contributed by atoms with van der Waals surface area (Å²) in [6, 6.07) is 0. The van der Waals surface area contributed by atoms with Crippen molar-refractivity contribution in [3.05, 3.63) is 0 Å². The van der Waals surface area contributed by atoms with Crippen molar-refractivity contribution in [3.8, 4) is 0 Å². The van der Waals surface area contributed by atoms with Gasteiger partial charge in [0, 0.05) is 11.7 Å².